The topological polar surface area (TPSA) is 108 Å². The lowest BCUT2D eigenvalue weighted by molar-refractivity contribution is -0.310. The second kappa shape index (κ2) is 7.13. The van der Waals surface area contributed by atoms with Crippen LogP contribution in [0, 0.1) is 0 Å². The van der Waals surface area contributed by atoms with Crippen LogP contribution in [-0.4, -0.2) is 35.9 Å². The van der Waals surface area contributed by atoms with Crippen LogP contribution in [-0.2, 0) is 9.53 Å². The summed E-state index contributed by atoms with van der Waals surface area (Å²) in [5, 5.41) is 23.5. The quantitative estimate of drug-likeness (QED) is 0.813. The van der Waals surface area contributed by atoms with Crippen molar-refractivity contribution in [2.75, 3.05) is 7.11 Å². The van der Waals surface area contributed by atoms with Gasteiger partial charge in [0.25, 0.3) is 0 Å². The van der Waals surface area contributed by atoms with E-state index in [2.05, 4.69) is 5.32 Å². The van der Waals surface area contributed by atoms with E-state index in [9.17, 15) is 19.8 Å². The van der Waals surface area contributed by atoms with Crippen LogP contribution in [0.25, 0.3) is 0 Å². The Hall–Kier alpha value is -2.28. The van der Waals surface area contributed by atoms with Crippen molar-refractivity contribution in [3.8, 4) is 5.75 Å². The Balaban J connectivity index is 2.90. The number of carboxylic acid groups (broad SMARTS) is 1. The van der Waals surface area contributed by atoms with E-state index in [0.29, 0.717) is 5.75 Å². The van der Waals surface area contributed by atoms with Crippen LogP contribution < -0.4 is 15.2 Å². The maximum Gasteiger partial charge on any atom is 0.408 e. The van der Waals surface area contributed by atoms with Crippen molar-refractivity contribution in [3.63, 3.8) is 0 Å². The van der Waals surface area contributed by atoms with Gasteiger partial charge in [-0.2, -0.15) is 0 Å². The Morgan fingerprint density at radius 1 is 1.32 bits per heavy atom. The van der Waals surface area contributed by atoms with Crippen molar-refractivity contribution < 1.29 is 29.3 Å². The summed E-state index contributed by atoms with van der Waals surface area (Å²) < 4.78 is 9.98. The number of aliphatic hydroxyl groups excluding tert-OH is 1. The molecule has 7 heteroatoms. The summed E-state index contributed by atoms with van der Waals surface area (Å²) >= 11 is 0. The number of carboxylic acids is 1. The molecule has 0 heterocycles. The summed E-state index contributed by atoms with van der Waals surface area (Å²) in [7, 11) is 1.45. The maximum atomic E-state index is 11.7. The average Bonchev–Trinajstić information content (AvgIpc) is 2.42. The van der Waals surface area contributed by atoms with E-state index >= 15 is 0 Å². The van der Waals surface area contributed by atoms with Gasteiger partial charge in [-0.15, -0.1) is 0 Å². The van der Waals surface area contributed by atoms with Crippen molar-refractivity contribution in [1.82, 2.24) is 5.32 Å². The summed E-state index contributed by atoms with van der Waals surface area (Å²) in [6.07, 6.45) is -2.46. The van der Waals surface area contributed by atoms with Gasteiger partial charge in [0, 0.05) is 0 Å². The minimum Gasteiger partial charge on any atom is -0.548 e. The molecule has 0 aliphatic rings. The normalized spacial score (nSPS) is 13.9. The number of nitrogens with one attached hydrogen (secondary N) is 1. The van der Waals surface area contributed by atoms with Crippen LogP contribution in [0.4, 0.5) is 4.79 Å². The Bertz CT molecular complexity index is 537. The number of aliphatic hydroxyl groups is 1. The zero-order valence-electron chi connectivity index (χ0n) is 13.0. The molecule has 7 nitrogen and oxygen atoms in total. The van der Waals surface area contributed by atoms with Gasteiger partial charge in [-0.3, -0.25) is 0 Å². The lowest BCUT2D eigenvalue weighted by atomic mass is 10.0. The molecule has 2 N–H and O–H groups in total. The van der Waals surface area contributed by atoms with Crippen LogP contribution in [0.3, 0.4) is 0 Å². The van der Waals surface area contributed by atoms with Gasteiger partial charge in [-0.25, -0.2) is 4.79 Å². The minimum absolute atomic E-state index is 0.268. The standard InChI is InChI=1S/C15H21NO6/c1-15(2,3)22-14(20)16-11(13(18)19)12(17)9-6-5-7-10(8-9)21-4/h5-8,11-12,17H,1-4H3,(H,16,20)(H,18,19)/p-1/t11-,12+/m0/s1. The van der Waals surface area contributed by atoms with E-state index < -0.39 is 29.8 Å². The van der Waals surface area contributed by atoms with Gasteiger partial charge < -0.3 is 29.8 Å². The lowest BCUT2D eigenvalue weighted by Gasteiger charge is -2.27. The molecule has 0 unspecified atom stereocenters. The molecule has 1 amide bonds. The molecule has 2 atom stereocenters. The molecule has 0 spiro atoms. The summed E-state index contributed by atoms with van der Waals surface area (Å²) in [6, 6.07) is 4.57. The molecule has 22 heavy (non-hydrogen) atoms. The average molecular weight is 310 g/mol. The van der Waals surface area contributed by atoms with Crippen molar-refractivity contribution in [1.29, 1.82) is 0 Å². The lowest BCUT2D eigenvalue weighted by Crippen LogP contribution is -2.52. The number of ether oxygens (including phenoxy) is 2. The maximum absolute atomic E-state index is 11.7. The third kappa shape index (κ3) is 5.25. The SMILES string of the molecule is COc1cccc([C@@H](O)[C@H](NC(=O)OC(C)(C)C)C(=O)[O-])c1. The highest BCUT2D eigenvalue weighted by Crippen LogP contribution is 2.22. The summed E-state index contributed by atoms with van der Waals surface area (Å²) in [5.74, 6) is -1.17. The number of hydrogen-bond acceptors (Lipinski definition) is 6. The molecule has 1 aromatic carbocycles. The fourth-order valence-electron chi connectivity index (χ4n) is 1.72. The van der Waals surface area contributed by atoms with Gasteiger partial charge in [-0.1, -0.05) is 12.1 Å². The van der Waals surface area contributed by atoms with Crippen molar-refractivity contribution in [2.45, 2.75) is 38.5 Å². The Morgan fingerprint density at radius 3 is 2.45 bits per heavy atom. The number of methoxy groups -OCH3 is 1. The molecule has 0 aliphatic heterocycles. The van der Waals surface area contributed by atoms with E-state index in [4.69, 9.17) is 9.47 Å². The molecule has 122 valence electrons. The van der Waals surface area contributed by atoms with Crippen LogP contribution in [0.1, 0.15) is 32.4 Å². The van der Waals surface area contributed by atoms with Gasteiger partial charge in [0.15, 0.2) is 0 Å². The van der Waals surface area contributed by atoms with Crippen LogP contribution in [0.15, 0.2) is 24.3 Å². The third-order valence-corrected chi connectivity index (χ3v) is 2.68. The molecule has 0 bridgehead atoms. The molecule has 1 aromatic rings. The van der Waals surface area contributed by atoms with E-state index in [0.717, 1.165) is 0 Å². The van der Waals surface area contributed by atoms with Gasteiger partial charge in [-0.05, 0) is 38.5 Å². The fraction of sp³-hybridized carbons (Fsp3) is 0.467. The summed E-state index contributed by atoms with van der Waals surface area (Å²) in [6.45, 7) is 4.91. The van der Waals surface area contributed by atoms with E-state index in [1.165, 1.54) is 19.2 Å². The van der Waals surface area contributed by atoms with Crippen LogP contribution in [0.5, 0.6) is 5.75 Å². The zero-order valence-corrected chi connectivity index (χ0v) is 13.0. The first-order chi connectivity index (χ1) is 10.1. The first-order valence-electron chi connectivity index (χ1n) is 6.66. The molecule has 0 aromatic heterocycles. The van der Waals surface area contributed by atoms with Crippen molar-refractivity contribution in [3.05, 3.63) is 29.8 Å². The van der Waals surface area contributed by atoms with Crippen molar-refractivity contribution >= 4 is 12.1 Å². The predicted octanol–water partition coefficient (Wildman–Crippen LogP) is 0.372. The predicted molar refractivity (Wildman–Crippen MR) is 76.1 cm³/mol. The highest BCUT2D eigenvalue weighted by atomic mass is 16.6. The van der Waals surface area contributed by atoms with E-state index in [1.54, 1.807) is 32.9 Å². The number of amides is 1. The number of carbonyl (C=O) groups is 2. The van der Waals surface area contributed by atoms with Gasteiger partial charge in [0.2, 0.25) is 0 Å². The molecule has 0 saturated heterocycles. The smallest absolute Gasteiger partial charge is 0.408 e. The monoisotopic (exact) mass is 310 g/mol. The molecule has 0 saturated carbocycles. The molecular weight excluding hydrogens is 290 g/mol. The van der Waals surface area contributed by atoms with Gasteiger partial charge in [0.1, 0.15) is 23.5 Å². The second-order valence-corrected chi connectivity index (χ2v) is 5.66. The van der Waals surface area contributed by atoms with Crippen LogP contribution >= 0.6 is 0 Å². The fourth-order valence-corrected chi connectivity index (χ4v) is 1.72. The summed E-state index contributed by atoms with van der Waals surface area (Å²) in [4.78, 5) is 22.9. The van der Waals surface area contributed by atoms with E-state index in [-0.39, 0.29) is 5.56 Å². The zero-order chi connectivity index (χ0) is 16.9. The number of rotatable bonds is 5. The van der Waals surface area contributed by atoms with Gasteiger partial charge in [0.05, 0.1) is 13.1 Å². The molecule has 0 aliphatic carbocycles. The van der Waals surface area contributed by atoms with Crippen LogP contribution in [0.2, 0.25) is 0 Å². The van der Waals surface area contributed by atoms with Crippen molar-refractivity contribution in [2.24, 2.45) is 0 Å². The first kappa shape index (κ1) is 17.8. The largest absolute Gasteiger partial charge is 0.548 e. The highest BCUT2D eigenvalue weighted by molar-refractivity contribution is 5.79. The molecular formula is C15H20NO6-. The Morgan fingerprint density at radius 2 is 1.95 bits per heavy atom. The number of benzene rings is 1. The third-order valence-electron chi connectivity index (χ3n) is 2.68. The number of hydrogen-bond donors (Lipinski definition) is 2. The first-order valence-corrected chi connectivity index (χ1v) is 6.66. The van der Waals surface area contributed by atoms with E-state index in [1.807, 2.05) is 0 Å². The highest BCUT2D eigenvalue weighted by Gasteiger charge is 2.27. The number of carbonyl (C=O) groups excluding carboxylic acids is 2. The Kier molecular flexibility index (Phi) is 5.76. The number of alkyl carbamates (subject to hydrolysis) is 1. The van der Waals surface area contributed by atoms with Gasteiger partial charge >= 0.3 is 6.09 Å². The Labute approximate surface area is 128 Å². The minimum atomic E-state index is -1.65. The summed E-state index contributed by atoms with van der Waals surface area (Å²) in [5.41, 5.74) is -0.522. The molecule has 1 rings (SSSR count). The second-order valence-electron chi connectivity index (χ2n) is 5.66. The number of aliphatic carboxylic acids is 1. The molecule has 0 radical (unpaired) electrons. The molecule has 0 fully saturated rings.